The Kier molecular flexibility index (Phi) is 5.95. The molecule has 4 rings (SSSR count). The van der Waals surface area contributed by atoms with Crippen molar-refractivity contribution in [2.24, 2.45) is 5.92 Å². The molecule has 2 aliphatic rings. The van der Waals surface area contributed by atoms with Gasteiger partial charge >= 0.3 is 0 Å². The topological polar surface area (TPSA) is 86.8 Å². The lowest BCUT2D eigenvalue weighted by molar-refractivity contribution is -0.119. The third-order valence-corrected chi connectivity index (χ3v) is 8.53. The van der Waals surface area contributed by atoms with E-state index in [4.69, 9.17) is 0 Å². The minimum Gasteiger partial charge on any atom is -0.338 e. The highest BCUT2D eigenvalue weighted by atomic mass is 32.2. The highest BCUT2D eigenvalue weighted by Crippen LogP contribution is 2.33. The van der Waals surface area contributed by atoms with Gasteiger partial charge in [0.25, 0.3) is 5.91 Å². The van der Waals surface area contributed by atoms with Crippen LogP contribution in [0.5, 0.6) is 0 Å². The van der Waals surface area contributed by atoms with Crippen LogP contribution in [-0.2, 0) is 14.8 Å². The average Bonchev–Trinajstić information content (AvgIpc) is 3.44. The van der Waals surface area contributed by atoms with E-state index >= 15 is 0 Å². The van der Waals surface area contributed by atoms with Crippen molar-refractivity contribution < 1.29 is 18.0 Å². The minimum atomic E-state index is -3.52. The van der Waals surface area contributed by atoms with Gasteiger partial charge in [0.05, 0.1) is 11.3 Å². The molecule has 1 aromatic carbocycles. The summed E-state index contributed by atoms with van der Waals surface area (Å²) >= 11 is 1.19. The fourth-order valence-electron chi connectivity index (χ4n) is 3.73. The second-order valence-electron chi connectivity index (χ2n) is 7.81. The SMILES string of the molecule is CN(C(=O)C1CC1)c1ccccc1C(=O)N1CCC(NS(=O)(=O)c2cccs2)CC1. The van der Waals surface area contributed by atoms with Crippen LogP contribution in [0.2, 0.25) is 0 Å². The summed E-state index contributed by atoms with van der Waals surface area (Å²) in [6, 6.07) is 10.3. The first-order valence-electron chi connectivity index (χ1n) is 10.1. The van der Waals surface area contributed by atoms with Gasteiger partial charge in [0.15, 0.2) is 0 Å². The maximum Gasteiger partial charge on any atom is 0.255 e. The third kappa shape index (κ3) is 4.43. The van der Waals surface area contributed by atoms with Crippen molar-refractivity contribution in [2.45, 2.75) is 35.9 Å². The zero-order chi connectivity index (χ0) is 21.3. The van der Waals surface area contributed by atoms with Crippen LogP contribution < -0.4 is 9.62 Å². The second kappa shape index (κ2) is 8.49. The molecule has 1 saturated carbocycles. The van der Waals surface area contributed by atoms with Crippen LogP contribution in [0.1, 0.15) is 36.0 Å². The molecule has 0 radical (unpaired) electrons. The number of piperidine rings is 1. The number of carbonyl (C=O) groups excluding carboxylic acids is 2. The summed E-state index contributed by atoms with van der Waals surface area (Å²) in [5, 5.41) is 1.73. The number of carbonyl (C=O) groups is 2. The molecule has 0 bridgehead atoms. The number of para-hydroxylation sites is 1. The molecule has 9 heteroatoms. The monoisotopic (exact) mass is 447 g/mol. The summed E-state index contributed by atoms with van der Waals surface area (Å²) in [6.07, 6.45) is 2.92. The standard InChI is InChI=1S/C21H25N3O4S2/c1-23(20(25)15-8-9-15)18-6-3-2-5-17(18)21(26)24-12-10-16(11-13-24)22-30(27,28)19-7-4-14-29-19/h2-7,14-16,22H,8-13H2,1H3. The molecule has 1 aliphatic heterocycles. The number of benzene rings is 1. The highest BCUT2D eigenvalue weighted by Gasteiger charge is 2.34. The van der Waals surface area contributed by atoms with E-state index in [2.05, 4.69) is 4.72 Å². The molecule has 2 heterocycles. The largest absolute Gasteiger partial charge is 0.338 e. The molecular formula is C21H25N3O4S2. The number of sulfonamides is 1. The number of hydrogen-bond donors (Lipinski definition) is 1. The van der Waals surface area contributed by atoms with Crippen LogP contribution in [0.25, 0.3) is 0 Å². The van der Waals surface area contributed by atoms with Crippen LogP contribution >= 0.6 is 11.3 Å². The van der Waals surface area contributed by atoms with E-state index < -0.39 is 10.0 Å². The van der Waals surface area contributed by atoms with Crippen molar-refractivity contribution in [2.75, 3.05) is 25.0 Å². The summed E-state index contributed by atoms with van der Waals surface area (Å²) < 4.78 is 27.9. The third-order valence-electron chi connectivity index (χ3n) is 5.62. The number of thiophene rings is 1. The van der Waals surface area contributed by atoms with Gasteiger partial charge in [-0.1, -0.05) is 18.2 Å². The number of rotatable bonds is 6. The summed E-state index contributed by atoms with van der Waals surface area (Å²) in [6.45, 7) is 0.927. The smallest absolute Gasteiger partial charge is 0.255 e. The molecule has 1 aliphatic carbocycles. The van der Waals surface area contributed by atoms with Gasteiger partial charge in [-0.25, -0.2) is 13.1 Å². The zero-order valence-electron chi connectivity index (χ0n) is 16.8. The molecule has 1 aromatic heterocycles. The number of nitrogens with one attached hydrogen (secondary N) is 1. The average molecular weight is 448 g/mol. The molecule has 2 amide bonds. The molecule has 2 aromatic rings. The van der Waals surface area contributed by atoms with Gasteiger partial charge in [0, 0.05) is 32.1 Å². The van der Waals surface area contributed by atoms with E-state index in [1.807, 2.05) is 6.07 Å². The Morgan fingerprint density at radius 2 is 1.77 bits per heavy atom. The Bertz CT molecular complexity index is 1020. The maximum atomic E-state index is 13.2. The molecule has 0 spiro atoms. The molecule has 1 N–H and O–H groups in total. The van der Waals surface area contributed by atoms with E-state index in [1.54, 1.807) is 52.6 Å². The molecule has 1 saturated heterocycles. The quantitative estimate of drug-likeness (QED) is 0.738. The van der Waals surface area contributed by atoms with Gasteiger partial charge in [0.2, 0.25) is 15.9 Å². The Morgan fingerprint density at radius 1 is 1.07 bits per heavy atom. The second-order valence-corrected chi connectivity index (χ2v) is 10.7. The van der Waals surface area contributed by atoms with E-state index in [1.165, 1.54) is 11.3 Å². The van der Waals surface area contributed by atoms with Crippen LogP contribution in [-0.4, -0.2) is 51.3 Å². The van der Waals surface area contributed by atoms with Gasteiger partial charge in [-0.3, -0.25) is 9.59 Å². The first-order valence-corrected chi connectivity index (χ1v) is 12.4. The summed E-state index contributed by atoms with van der Waals surface area (Å²) in [7, 11) is -1.79. The van der Waals surface area contributed by atoms with Gasteiger partial charge in [-0.05, 0) is 49.3 Å². The zero-order valence-corrected chi connectivity index (χ0v) is 18.4. The van der Waals surface area contributed by atoms with Gasteiger partial charge < -0.3 is 9.80 Å². The van der Waals surface area contributed by atoms with Gasteiger partial charge in [-0.2, -0.15) is 0 Å². The molecule has 0 atom stereocenters. The molecule has 2 fully saturated rings. The first kappa shape index (κ1) is 21.0. The molecule has 30 heavy (non-hydrogen) atoms. The van der Waals surface area contributed by atoms with Crippen LogP contribution in [0.3, 0.4) is 0 Å². The van der Waals surface area contributed by atoms with Crippen LogP contribution in [0, 0.1) is 5.92 Å². The van der Waals surface area contributed by atoms with E-state index in [9.17, 15) is 18.0 Å². The molecule has 160 valence electrons. The van der Waals surface area contributed by atoms with Crippen molar-refractivity contribution in [1.29, 1.82) is 0 Å². The normalized spacial score (nSPS) is 17.7. The van der Waals surface area contributed by atoms with Crippen molar-refractivity contribution in [3.63, 3.8) is 0 Å². The Morgan fingerprint density at radius 3 is 2.40 bits per heavy atom. The Balaban J connectivity index is 1.41. The van der Waals surface area contributed by atoms with E-state index in [0.29, 0.717) is 41.4 Å². The number of amides is 2. The highest BCUT2D eigenvalue weighted by molar-refractivity contribution is 7.91. The number of anilines is 1. The predicted molar refractivity (Wildman–Crippen MR) is 116 cm³/mol. The summed E-state index contributed by atoms with van der Waals surface area (Å²) in [4.78, 5) is 29.0. The fraction of sp³-hybridized carbons (Fsp3) is 0.429. The lowest BCUT2D eigenvalue weighted by Gasteiger charge is -2.33. The number of hydrogen-bond acceptors (Lipinski definition) is 5. The molecule has 7 nitrogen and oxygen atoms in total. The van der Waals surface area contributed by atoms with E-state index in [-0.39, 0.29) is 23.8 Å². The first-order chi connectivity index (χ1) is 14.4. The Hall–Kier alpha value is -2.23. The summed E-state index contributed by atoms with van der Waals surface area (Å²) in [5.41, 5.74) is 1.13. The maximum absolute atomic E-state index is 13.2. The number of likely N-dealkylation sites (tertiary alicyclic amines) is 1. The number of nitrogens with zero attached hydrogens (tertiary/aromatic N) is 2. The Labute approximate surface area is 180 Å². The van der Waals surface area contributed by atoms with Crippen LogP contribution in [0.15, 0.2) is 46.0 Å². The lowest BCUT2D eigenvalue weighted by atomic mass is 10.0. The van der Waals surface area contributed by atoms with Gasteiger partial charge in [0.1, 0.15) is 4.21 Å². The molecular weight excluding hydrogens is 422 g/mol. The minimum absolute atomic E-state index is 0.0527. The van der Waals surface area contributed by atoms with Crippen molar-refractivity contribution in [3.8, 4) is 0 Å². The lowest BCUT2D eigenvalue weighted by Crippen LogP contribution is -2.46. The molecule has 0 unspecified atom stereocenters. The van der Waals surface area contributed by atoms with Crippen LogP contribution in [0.4, 0.5) is 5.69 Å². The predicted octanol–water partition coefficient (Wildman–Crippen LogP) is 2.70. The van der Waals surface area contributed by atoms with E-state index in [0.717, 1.165) is 12.8 Å². The fourth-order valence-corrected chi connectivity index (χ4v) is 6.05. The van der Waals surface area contributed by atoms with Crippen molar-refractivity contribution >= 4 is 38.9 Å². The van der Waals surface area contributed by atoms with Crippen molar-refractivity contribution in [1.82, 2.24) is 9.62 Å². The van der Waals surface area contributed by atoms with Crippen molar-refractivity contribution in [3.05, 3.63) is 47.3 Å². The van der Waals surface area contributed by atoms with Gasteiger partial charge in [-0.15, -0.1) is 11.3 Å². The summed E-state index contributed by atoms with van der Waals surface area (Å²) in [5.74, 6) is 0.00262.